The van der Waals surface area contributed by atoms with Crippen LogP contribution in [0.2, 0.25) is 26.2 Å². The highest BCUT2D eigenvalue weighted by molar-refractivity contribution is 6.79. The van der Waals surface area contributed by atoms with E-state index in [0.29, 0.717) is 13.2 Å². The van der Waals surface area contributed by atoms with Crippen molar-refractivity contribution in [2.24, 2.45) is 0 Å². The van der Waals surface area contributed by atoms with E-state index in [0.717, 1.165) is 0 Å². The van der Waals surface area contributed by atoms with Crippen LogP contribution in [-0.4, -0.2) is 30.3 Å². The second-order valence-corrected chi connectivity index (χ2v) is 11.3. The Morgan fingerprint density at radius 2 is 1.21 bits per heavy atom. The number of hydrogen-bond donors (Lipinski definition) is 0. The van der Waals surface area contributed by atoms with Gasteiger partial charge in [-0.15, -0.1) is 0 Å². The van der Waals surface area contributed by atoms with E-state index in [-0.39, 0.29) is 7.43 Å². The molecule has 0 aliphatic heterocycles. The molecule has 5 heteroatoms. The summed E-state index contributed by atoms with van der Waals surface area (Å²) in [6, 6.07) is 0. The molecule has 0 aromatic rings. The predicted octanol–water partition coefficient (Wildman–Crippen LogP) is 3.12. The minimum atomic E-state index is -2.32. The van der Waals surface area contributed by atoms with Crippen LogP contribution < -0.4 is 0 Å². The summed E-state index contributed by atoms with van der Waals surface area (Å²) in [5.74, 6) is 0. The van der Waals surface area contributed by atoms with Gasteiger partial charge >= 0.3 is 8.80 Å². The molecule has 0 N–H and O–H groups in total. The Morgan fingerprint density at radius 1 is 0.857 bits per heavy atom. The lowest BCUT2D eigenvalue weighted by Gasteiger charge is -2.31. The first-order chi connectivity index (χ1) is 5.83. The van der Waals surface area contributed by atoms with Crippen molar-refractivity contribution in [3.63, 3.8) is 0 Å². The molecule has 0 heterocycles. The Kier molecular flexibility index (Phi) is 8.05. The van der Waals surface area contributed by atoms with Crippen molar-refractivity contribution in [3.8, 4) is 0 Å². The van der Waals surface area contributed by atoms with E-state index in [1.165, 1.54) is 0 Å². The fourth-order valence-corrected chi connectivity index (χ4v) is 7.23. The third-order valence-corrected chi connectivity index (χ3v) is 6.86. The molecule has 0 saturated heterocycles. The fourth-order valence-electron chi connectivity index (χ4n) is 1.18. The quantitative estimate of drug-likeness (QED) is 0.666. The molecule has 0 bridgehead atoms. The van der Waals surface area contributed by atoms with E-state index in [4.69, 9.17) is 13.0 Å². The van der Waals surface area contributed by atoms with Crippen molar-refractivity contribution in [3.05, 3.63) is 0 Å². The SMILES string of the molecule is C.CCO[Si](C)(OCC)O[Si](C)(C)C. The van der Waals surface area contributed by atoms with Crippen LogP contribution in [0.4, 0.5) is 0 Å². The van der Waals surface area contributed by atoms with Crippen LogP contribution >= 0.6 is 0 Å². The van der Waals surface area contributed by atoms with Crippen molar-refractivity contribution >= 4 is 17.1 Å². The summed E-state index contributed by atoms with van der Waals surface area (Å²) in [4.78, 5) is 0. The molecule has 88 valence electrons. The number of hydrogen-bond acceptors (Lipinski definition) is 3. The molecule has 0 saturated carbocycles. The van der Waals surface area contributed by atoms with Gasteiger partial charge in [0.2, 0.25) is 0 Å². The summed E-state index contributed by atoms with van der Waals surface area (Å²) in [6.07, 6.45) is 0. The maximum atomic E-state index is 5.94. The lowest BCUT2D eigenvalue weighted by molar-refractivity contribution is 0.122. The first-order valence-electron chi connectivity index (χ1n) is 4.81. The minimum absolute atomic E-state index is 0. The molecule has 0 atom stereocenters. The first kappa shape index (κ1) is 16.7. The van der Waals surface area contributed by atoms with Gasteiger partial charge in [0.15, 0.2) is 8.32 Å². The van der Waals surface area contributed by atoms with Gasteiger partial charge in [-0.2, -0.15) is 0 Å². The Morgan fingerprint density at radius 3 is 1.43 bits per heavy atom. The molecule has 0 rings (SSSR count). The van der Waals surface area contributed by atoms with Crippen LogP contribution in [0, 0.1) is 0 Å². The molecule has 0 aromatic carbocycles. The number of rotatable bonds is 6. The van der Waals surface area contributed by atoms with Crippen LogP contribution in [0.25, 0.3) is 0 Å². The van der Waals surface area contributed by atoms with Gasteiger partial charge in [0.25, 0.3) is 0 Å². The van der Waals surface area contributed by atoms with Crippen LogP contribution in [0.1, 0.15) is 21.3 Å². The molecule has 0 fully saturated rings. The molecule has 0 spiro atoms. The van der Waals surface area contributed by atoms with Crippen molar-refractivity contribution in [2.45, 2.75) is 47.5 Å². The average molecular weight is 238 g/mol. The van der Waals surface area contributed by atoms with E-state index < -0.39 is 17.1 Å². The maximum absolute atomic E-state index is 5.94. The predicted molar refractivity (Wildman–Crippen MR) is 66.0 cm³/mol. The van der Waals surface area contributed by atoms with Crippen LogP contribution in [0.15, 0.2) is 0 Å². The van der Waals surface area contributed by atoms with Crippen LogP contribution in [0.3, 0.4) is 0 Å². The van der Waals surface area contributed by atoms with Gasteiger partial charge < -0.3 is 13.0 Å². The Balaban J connectivity index is 0. The monoisotopic (exact) mass is 238 g/mol. The Bertz CT molecular complexity index is 139. The van der Waals surface area contributed by atoms with E-state index in [1.807, 2.05) is 20.4 Å². The van der Waals surface area contributed by atoms with Crippen LogP contribution in [-0.2, 0) is 13.0 Å². The zero-order chi connectivity index (χ0) is 10.5. The van der Waals surface area contributed by atoms with Crippen molar-refractivity contribution < 1.29 is 13.0 Å². The standard InChI is InChI=1S/C8H22O3Si2.CH4/c1-7-9-13(6,10-8-2)11-12(3,4)5;/h7-8H2,1-6H3;1H4. The molecule has 0 aliphatic rings. The van der Waals surface area contributed by atoms with Gasteiger partial charge in [-0.05, 0) is 33.5 Å². The second-order valence-electron chi connectivity index (χ2n) is 3.94. The van der Waals surface area contributed by atoms with Gasteiger partial charge in [-0.25, -0.2) is 0 Å². The topological polar surface area (TPSA) is 27.7 Å². The molecule has 0 aromatic heterocycles. The van der Waals surface area contributed by atoms with Crippen molar-refractivity contribution in [2.75, 3.05) is 13.2 Å². The summed E-state index contributed by atoms with van der Waals surface area (Å²) in [6.45, 7) is 13.7. The van der Waals surface area contributed by atoms with Crippen molar-refractivity contribution in [1.29, 1.82) is 0 Å². The van der Waals surface area contributed by atoms with E-state index in [2.05, 4.69) is 19.6 Å². The maximum Gasteiger partial charge on any atom is 0.487 e. The highest BCUT2D eigenvalue weighted by Gasteiger charge is 2.38. The molecule has 0 amide bonds. The average Bonchev–Trinajstić information content (AvgIpc) is 1.82. The van der Waals surface area contributed by atoms with Gasteiger partial charge in [-0.3, -0.25) is 0 Å². The highest BCUT2D eigenvalue weighted by Crippen LogP contribution is 2.16. The molecule has 0 radical (unpaired) electrons. The summed E-state index contributed by atoms with van der Waals surface area (Å²) < 4.78 is 17.1. The van der Waals surface area contributed by atoms with Crippen LogP contribution in [0.5, 0.6) is 0 Å². The van der Waals surface area contributed by atoms with E-state index in [9.17, 15) is 0 Å². The third-order valence-electron chi connectivity index (χ3n) is 1.30. The zero-order valence-electron chi connectivity index (χ0n) is 9.64. The Labute approximate surface area is 91.3 Å². The summed E-state index contributed by atoms with van der Waals surface area (Å²) >= 11 is 0. The molecular weight excluding hydrogens is 212 g/mol. The lowest BCUT2D eigenvalue weighted by Crippen LogP contribution is -2.49. The van der Waals surface area contributed by atoms with Gasteiger partial charge in [0.1, 0.15) is 0 Å². The summed E-state index contributed by atoms with van der Waals surface area (Å²) in [5.41, 5.74) is 0. The lowest BCUT2D eigenvalue weighted by atomic mass is 10.9. The zero-order valence-corrected chi connectivity index (χ0v) is 11.6. The third kappa shape index (κ3) is 7.69. The van der Waals surface area contributed by atoms with Gasteiger partial charge in [-0.1, -0.05) is 7.43 Å². The van der Waals surface area contributed by atoms with Gasteiger partial charge in [0, 0.05) is 19.8 Å². The smallest absolute Gasteiger partial charge is 0.416 e. The largest absolute Gasteiger partial charge is 0.487 e. The Hall–Kier alpha value is 0.314. The molecule has 0 unspecified atom stereocenters. The van der Waals surface area contributed by atoms with E-state index >= 15 is 0 Å². The second kappa shape index (κ2) is 6.73. The minimum Gasteiger partial charge on any atom is -0.416 e. The van der Waals surface area contributed by atoms with Crippen molar-refractivity contribution in [1.82, 2.24) is 0 Å². The highest BCUT2D eigenvalue weighted by atomic mass is 28.5. The normalized spacial score (nSPS) is 12.4. The molecule has 0 aliphatic carbocycles. The van der Waals surface area contributed by atoms with Gasteiger partial charge in [0.05, 0.1) is 0 Å². The summed E-state index contributed by atoms with van der Waals surface area (Å²) in [5, 5.41) is 0. The van der Waals surface area contributed by atoms with E-state index in [1.54, 1.807) is 0 Å². The fraction of sp³-hybridized carbons (Fsp3) is 1.00. The molecule has 14 heavy (non-hydrogen) atoms. The molecule has 3 nitrogen and oxygen atoms in total. The molecular formula is C9H26O3Si2. The first-order valence-corrected chi connectivity index (χ1v) is 10.4. The summed E-state index contributed by atoms with van der Waals surface area (Å²) in [7, 11) is -3.88.